The predicted molar refractivity (Wildman–Crippen MR) is 80.6 cm³/mol. The Morgan fingerprint density at radius 2 is 2.15 bits per heavy atom. The summed E-state index contributed by atoms with van der Waals surface area (Å²) in [5.74, 6) is 1.18. The number of aromatic nitrogens is 2. The standard InChI is InChI=1S/C14H22ClN3O2/c1-12(2-4-15)3-5-18-14(19)10-13(11-16-18)17-6-8-20-9-7-17/h10-12H,2-9H2,1H3. The molecule has 0 bridgehead atoms. The molecule has 1 fully saturated rings. The molecule has 0 saturated carbocycles. The van der Waals surface area contributed by atoms with Crippen molar-refractivity contribution in [3.63, 3.8) is 0 Å². The maximum atomic E-state index is 12.1. The molecule has 1 aliphatic heterocycles. The van der Waals surface area contributed by atoms with Gasteiger partial charge < -0.3 is 9.64 Å². The molecule has 112 valence electrons. The first-order chi connectivity index (χ1) is 9.70. The smallest absolute Gasteiger partial charge is 0.268 e. The zero-order chi connectivity index (χ0) is 14.4. The third-order valence-corrected chi connectivity index (χ3v) is 3.89. The van der Waals surface area contributed by atoms with Gasteiger partial charge in [-0.1, -0.05) is 6.92 Å². The summed E-state index contributed by atoms with van der Waals surface area (Å²) in [6, 6.07) is 1.67. The number of morpholine rings is 1. The van der Waals surface area contributed by atoms with E-state index in [1.807, 2.05) is 0 Å². The highest BCUT2D eigenvalue weighted by Gasteiger charge is 2.13. The zero-order valence-corrected chi connectivity index (χ0v) is 12.7. The van der Waals surface area contributed by atoms with E-state index in [0.717, 1.165) is 31.6 Å². The topological polar surface area (TPSA) is 47.4 Å². The van der Waals surface area contributed by atoms with Gasteiger partial charge in [0.2, 0.25) is 0 Å². The second kappa shape index (κ2) is 7.64. The maximum absolute atomic E-state index is 12.1. The molecule has 1 atom stereocenters. The summed E-state index contributed by atoms with van der Waals surface area (Å²) in [6.07, 6.45) is 3.68. The molecule has 6 heteroatoms. The van der Waals surface area contributed by atoms with Crippen molar-refractivity contribution in [2.24, 2.45) is 5.92 Å². The summed E-state index contributed by atoms with van der Waals surface area (Å²) < 4.78 is 6.84. The first-order valence-electron chi connectivity index (χ1n) is 7.16. The van der Waals surface area contributed by atoms with Crippen molar-refractivity contribution in [3.05, 3.63) is 22.6 Å². The normalized spacial score (nSPS) is 17.2. The fourth-order valence-electron chi connectivity index (χ4n) is 2.26. The van der Waals surface area contributed by atoms with E-state index in [0.29, 0.717) is 31.6 Å². The molecule has 0 spiro atoms. The Balaban J connectivity index is 1.96. The van der Waals surface area contributed by atoms with E-state index < -0.39 is 0 Å². The van der Waals surface area contributed by atoms with Crippen LogP contribution in [0.1, 0.15) is 19.8 Å². The van der Waals surface area contributed by atoms with Crippen LogP contribution in [0.2, 0.25) is 0 Å². The Morgan fingerprint density at radius 1 is 1.40 bits per heavy atom. The van der Waals surface area contributed by atoms with Crippen molar-refractivity contribution in [2.45, 2.75) is 26.3 Å². The lowest BCUT2D eigenvalue weighted by molar-refractivity contribution is 0.122. The third-order valence-electron chi connectivity index (χ3n) is 3.67. The molecule has 20 heavy (non-hydrogen) atoms. The summed E-state index contributed by atoms with van der Waals surface area (Å²) in [5, 5.41) is 4.27. The van der Waals surface area contributed by atoms with Crippen LogP contribution in [0.25, 0.3) is 0 Å². The average Bonchev–Trinajstić information content (AvgIpc) is 2.47. The van der Waals surface area contributed by atoms with Crippen LogP contribution in [0, 0.1) is 5.92 Å². The van der Waals surface area contributed by atoms with Crippen molar-refractivity contribution < 1.29 is 4.74 Å². The second-order valence-corrected chi connectivity index (χ2v) is 5.62. The van der Waals surface area contributed by atoms with Gasteiger partial charge >= 0.3 is 0 Å². The molecule has 1 aromatic rings. The minimum atomic E-state index is -0.0351. The van der Waals surface area contributed by atoms with E-state index in [1.165, 1.54) is 4.68 Å². The van der Waals surface area contributed by atoms with Gasteiger partial charge in [0.25, 0.3) is 5.56 Å². The van der Waals surface area contributed by atoms with Gasteiger partial charge in [-0.05, 0) is 18.8 Å². The van der Waals surface area contributed by atoms with E-state index >= 15 is 0 Å². The number of rotatable bonds is 6. The summed E-state index contributed by atoms with van der Waals surface area (Å²) in [7, 11) is 0. The SMILES string of the molecule is CC(CCCl)CCn1ncc(N2CCOCC2)cc1=O. The maximum Gasteiger partial charge on any atom is 0.268 e. The van der Waals surface area contributed by atoms with Crippen LogP contribution in [0.3, 0.4) is 0 Å². The number of nitrogens with zero attached hydrogens (tertiary/aromatic N) is 3. The predicted octanol–water partition coefficient (Wildman–Crippen LogP) is 1.74. The molecule has 0 N–H and O–H groups in total. The van der Waals surface area contributed by atoms with Crippen LogP contribution < -0.4 is 10.5 Å². The number of alkyl halides is 1. The molecule has 0 aliphatic carbocycles. The van der Waals surface area contributed by atoms with Crippen molar-refractivity contribution in [3.8, 4) is 0 Å². The van der Waals surface area contributed by atoms with E-state index in [4.69, 9.17) is 16.3 Å². The fraction of sp³-hybridized carbons (Fsp3) is 0.714. The van der Waals surface area contributed by atoms with Crippen LogP contribution in [0.5, 0.6) is 0 Å². The number of halogens is 1. The Labute approximate surface area is 124 Å². The summed E-state index contributed by atoms with van der Waals surface area (Å²) >= 11 is 5.72. The van der Waals surface area contributed by atoms with Crippen molar-refractivity contribution in [1.29, 1.82) is 0 Å². The Bertz CT molecular complexity index is 472. The lowest BCUT2D eigenvalue weighted by Crippen LogP contribution is -2.37. The Kier molecular flexibility index (Phi) is 5.86. The van der Waals surface area contributed by atoms with Crippen LogP contribution in [0.4, 0.5) is 5.69 Å². The Hall–Kier alpha value is -1.07. The van der Waals surface area contributed by atoms with E-state index in [2.05, 4.69) is 16.9 Å². The second-order valence-electron chi connectivity index (χ2n) is 5.25. The van der Waals surface area contributed by atoms with Crippen LogP contribution >= 0.6 is 11.6 Å². The zero-order valence-electron chi connectivity index (χ0n) is 11.9. The van der Waals surface area contributed by atoms with Crippen molar-refractivity contribution in [1.82, 2.24) is 9.78 Å². The van der Waals surface area contributed by atoms with Gasteiger partial charge in [0.15, 0.2) is 0 Å². The first kappa shape index (κ1) is 15.3. The monoisotopic (exact) mass is 299 g/mol. The first-order valence-corrected chi connectivity index (χ1v) is 7.70. The van der Waals surface area contributed by atoms with Crippen molar-refractivity contribution >= 4 is 17.3 Å². The molecule has 0 aromatic carbocycles. The molecular weight excluding hydrogens is 278 g/mol. The highest BCUT2D eigenvalue weighted by Crippen LogP contribution is 2.12. The minimum Gasteiger partial charge on any atom is -0.378 e. The van der Waals surface area contributed by atoms with E-state index in [-0.39, 0.29) is 5.56 Å². The Morgan fingerprint density at radius 3 is 2.80 bits per heavy atom. The summed E-state index contributed by atoms with van der Waals surface area (Å²) in [5.41, 5.74) is 0.857. The largest absolute Gasteiger partial charge is 0.378 e. The van der Waals surface area contributed by atoms with Gasteiger partial charge in [-0.3, -0.25) is 4.79 Å². The highest BCUT2D eigenvalue weighted by atomic mass is 35.5. The van der Waals surface area contributed by atoms with Crippen LogP contribution in [0.15, 0.2) is 17.1 Å². The number of hydrogen-bond acceptors (Lipinski definition) is 4. The molecule has 5 nitrogen and oxygen atoms in total. The van der Waals surface area contributed by atoms with Gasteiger partial charge in [-0.2, -0.15) is 5.10 Å². The van der Waals surface area contributed by atoms with Gasteiger partial charge in [0.05, 0.1) is 25.1 Å². The lowest BCUT2D eigenvalue weighted by atomic mass is 10.1. The number of hydrogen-bond donors (Lipinski definition) is 0. The molecule has 0 radical (unpaired) electrons. The average molecular weight is 300 g/mol. The minimum absolute atomic E-state index is 0.0351. The molecule has 1 saturated heterocycles. The van der Waals surface area contributed by atoms with Crippen LogP contribution in [-0.2, 0) is 11.3 Å². The molecule has 1 aromatic heterocycles. The van der Waals surface area contributed by atoms with Gasteiger partial charge in [-0.25, -0.2) is 4.68 Å². The van der Waals surface area contributed by atoms with E-state index in [9.17, 15) is 4.79 Å². The highest BCUT2D eigenvalue weighted by molar-refractivity contribution is 6.17. The van der Waals surface area contributed by atoms with Gasteiger partial charge in [-0.15, -0.1) is 11.6 Å². The fourth-order valence-corrected chi connectivity index (χ4v) is 2.63. The summed E-state index contributed by atoms with van der Waals surface area (Å²) in [6.45, 7) is 5.85. The molecule has 0 amide bonds. The molecule has 2 heterocycles. The van der Waals surface area contributed by atoms with E-state index in [1.54, 1.807) is 12.3 Å². The molecule has 2 rings (SSSR count). The summed E-state index contributed by atoms with van der Waals surface area (Å²) in [4.78, 5) is 14.2. The number of anilines is 1. The lowest BCUT2D eigenvalue weighted by Gasteiger charge is -2.28. The van der Waals surface area contributed by atoms with Crippen molar-refractivity contribution in [2.75, 3.05) is 37.1 Å². The number of ether oxygens (including phenoxy) is 1. The molecule has 1 unspecified atom stereocenters. The molecular formula is C14H22ClN3O2. The molecule has 1 aliphatic rings. The third kappa shape index (κ3) is 4.21. The van der Waals surface area contributed by atoms with Gasteiger partial charge in [0, 0.05) is 31.6 Å². The quantitative estimate of drug-likeness (QED) is 0.751. The van der Waals surface area contributed by atoms with Gasteiger partial charge in [0.1, 0.15) is 0 Å². The van der Waals surface area contributed by atoms with Crippen LogP contribution in [-0.4, -0.2) is 42.0 Å². The number of aryl methyl sites for hydroxylation is 1.